The van der Waals surface area contributed by atoms with Crippen LogP contribution in [0.2, 0.25) is 18.1 Å². The summed E-state index contributed by atoms with van der Waals surface area (Å²) in [7, 11) is -6.32. The normalized spacial score (nSPS) is 17.2. The number of nitrogens with one attached hydrogen (secondary N) is 2. The second-order valence-electron chi connectivity index (χ2n) is 10.2. The lowest BCUT2D eigenvalue weighted by Crippen LogP contribution is -2.48. The van der Waals surface area contributed by atoms with Crippen molar-refractivity contribution >= 4 is 30.1 Å². The highest BCUT2D eigenvalue weighted by Gasteiger charge is 2.47. The van der Waals surface area contributed by atoms with Gasteiger partial charge in [-0.3, -0.25) is 4.78 Å². The molecule has 0 saturated heterocycles. The van der Waals surface area contributed by atoms with Crippen molar-refractivity contribution in [3.63, 3.8) is 0 Å². The third-order valence-corrected chi connectivity index (χ3v) is 11.3. The van der Waals surface area contributed by atoms with Gasteiger partial charge in [-0.2, -0.15) is 13.2 Å². The number of halogens is 3. The van der Waals surface area contributed by atoms with Crippen molar-refractivity contribution in [1.82, 2.24) is 5.32 Å². The molecule has 0 fully saturated rings. The van der Waals surface area contributed by atoms with Crippen LogP contribution in [-0.2, 0) is 23.7 Å². The molecule has 0 aliphatic heterocycles. The highest BCUT2D eigenvalue weighted by Crippen LogP contribution is 2.40. The van der Waals surface area contributed by atoms with Crippen molar-refractivity contribution < 1.29 is 41.2 Å². The molecule has 3 atom stereocenters. The molecule has 190 valence electrons. The molecule has 32 heavy (non-hydrogen) atoms. The first-order chi connectivity index (χ1) is 14.0. The van der Waals surface area contributed by atoms with Crippen LogP contribution in [0.3, 0.4) is 0 Å². The number of carboxylic acids is 1. The van der Waals surface area contributed by atoms with E-state index < -0.39 is 83.4 Å². The van der Waals surface area contributed by atoms with E-state index in [0.29, 0.717) is 0 Å². The molecule has 0 spiro atoms. The van der Waals surface area contributed by atoms with Crippen molar-refractivity contribution in [2.75, 3.05) is 11.5 Å². The summed E-state index contributed by atoms with van der Waals surface area (Å²) < 4.78 is 71.4. The molecule has 0 aromatic heterocycles. The minimum absolute atomic E-state index is 0.392. The number of carbonyl (C=O) groups is 2. The summed E-state index contributed by atoms with van der Waals surface area (Å²) in [5.74, 6) is -2.53. The van der Waals surface area contributed by atoms with Gasteiger partial charge in [0.1, 0.15) is 17.7 Å². The number of alkyl halides is 3. The third kappa shape index (κ3) is 11.5. The molecule has 0 aliphatic carbocycles. The SMILES string of the molecule is CC(C)(C)OC(=O)N[C@@H](CCS(=N)(=O)CCC(O[Si](C)(C)C(C)(C)C)C(F)(F)F)C(=O)O. The number of hydrogen-bond donors (Lipinski definition) is 3. The van der Waals surface area contributed by atoms with Crippen LogP contribution < -0.4 is 5.32 Å². The maximum atomic E-state index is 13.5. The summed E-state index contributed by atoms with van der Waals surface area (Å²) in [5, 5.41) is 10.9. The van der Waals surface area contributed by atoms with E-state index in [4.69, 9.17) is 13.9 Å². The Labute approximate surface area is 189 Å². The molecule has 0 aromatic rings. The maximum Gasteiger partial charge on any atom is 0.413 e. The van der Waals surface area contributed by atoms with Gasteiger partial charge < -0.3 is 19.6 Å². The van der Waals surface area contributed by atoms with Gasteiger partial charge in [-0.25, -0.2) is 13.8 Å². The average molecular weight is 507 g/mol. The molecule has 2 unspecified atom stereocenters. The molecule has 1 amide bonds. The second kappa shape index (κ2) is 10.7. The molecule has 0 heterocycles. The Morgan fingerprint density at radius 2 is 1.53 bits per heavy atom. The van der Waals surface area contributed by atoms with Crippen molar-refractivity contribution in [2.45, 2.75) is 96.4 Å². The minimum atomic E-state index is -4.69. The summed E-state index contributed by atoms with van der Waals surface area (Å²) >= 11 is 0. The number of alkyl carbamates (subject to hydrolysis) is 1. The lowest BCUT2D eigenvalue weighted by molar-refractivity contribution is -0.198. The van der Waals surface area contributed by atoms with E-state index >= 15 is 0 Å². The molecule has 0 radical (unpaired) electrons. The van der Waals surface area contributed by atoms with Crippen molar-refractivity contribution in [3.05, 3.63) is 0 Å². The van der Waals surface area contributed by atoms with Crippen LogP contribution in [0.4, 0.5) is 18.0 Å². The van der Waals surface area contributed by atoms with Crippen LogP contribution in [0.25, 0.3) is 0 Å². The molecule has 0 saturated carbocycles. The predicted molar refractivity (Wildman–Crippen MR) is 119 cm³/mol. The van der Waals surface area contributed by atoms with Gasteiger partial charge >= 0.3 is 18.2 Å². The van der Waals surface area contributed by atoms with E-state index in [0.717, 1.165) is 0 Å². The van der Waals surface area contributed by atoms with Gasteiger partial charge in [0, 0.05) is 21.2 Å². The molecule has 0 bridgehead atoms. The standard InChI is InChI=1S/C19H37F3N2O6SSi/c1-17(2,3)29-16(27)24-13(15(25)26)9-11-31(23,28)12-10-14(19(20,21)22)30-32(7,8)18(4,5)6/h13-14,23H,9-12H2,1-8H3,(H,24,27)(H,25,26)/t13-,14?,31?/m0/s1. The maximum absolute atomic E-state index is 13.5. The van der Waals surface area contributed by atoms with Gasteiger partial charge in [-0.1, -0.05) is 20.8 Å². The van der Waals surface area contributed by atoms with Crippen molar-refractivity contribution in [1.29, 1.82) is 4.78 Å². The summed E-state index contributed by atoms with van der Waals surface area (Å²) in [4.78, 5) is 23.2. The molecular weight excluding hydrogens is 469 g/mol. The smallest absolute Gasteiger partial charge is 0.413 e. The second-order valence-corrected chi connectivity index (χ2v) is 17.4. The Hall–Kier alpha value is -1.34. The minimum Gasteiger partial charge on any atom is -0.480 e. The molecular formula is C19H37F3N2O6SSi. The van der Waals surface area contributed by atoms with E-state index in [2.05, 4.69) is 5.32 Å². The molecule has 0 aromatic carbocycles. The number of rotatable bonds is 10. The molecule has 0 rings (SSSR count). The number of carbonyl (C=O) groups excluding carboxylic acids is 1. The topological polar surface area (TPSA) is 126 Å². The Bertz CT molecular complexity index is 758. The fraction of sp³-hybridized carbons (Fsp3) is 0.895. The zero-order chi connectivity index (χ0) is 25.8. The first-order valence-corrected chi connectivity index (χ1v) is 15.0. The summed E-state index contributed by atoms with van der Waals surface area (Å²) in [6.45, 7) is 13.5. The molecule has 0 aliphatic rings. The van der Waals surface area contributed by atoms with E-state index in [1.165, 1.54) is 0 Å². The highest BCUT2D eigenvalue weighted by molar-refractivity contribution is 7.92. The first kappa shape index (κ1) is 30.7. The Morgan fingerprint density at radius 3 is 1.91 bits per heavy atom. The number of hydrogen-bond acceptors (Lipinski definition) is 6. The highest BCUT2D eigenvalue weighted by atomic mass is 32.2. The van der Waals surface area contributed by atoms with E-state index in [1.807, 2.05) is 0 Å². The average Bonchev–Trinajstić information content (AvgIpc) is 2.51. The molecule has 8 nitrogen and oxygen atoms in total. The quantitative estimate of drug-likeness (QED) is 0.367. The van der Waals surface area contributed by atoms with Gasteiger partial charge in [0.15, 0.2) is 8.32 Å². The number of carboxylic acid groups (broad SMARTS) is 1. The van der Waals surface area contributed by atoms with Crippen LogP contribution in [-0.4, -0.2) is 65.1 Å². The summed E-state index contributed by atoms with van der Waals surface area (Å²) in [6, 6.07) is -1.49. The zero-order valence-electron chi connectivity index (χ0n) is 20.0. The number of ether oxygens (including phenoxy) is 1. The van der Waals surface area contributed by atoms with Crippen LogP contribution in [0.5, 0.6) is 0 Å². The van der Waals surface area contributed by atoms with Crippen molar-refractivity contribution in [3.8, 4) is 0 Å². The fourth-order valence-electron chi connectivity index (χ4n) is 2.24. The third-order valence-electron chi connectivity index (χ3n) is 5.04. The van der Waals surface area contributed by atoms with Gasteiger partial charge in [-0.15, -0.1) is 0 Å². The van der Waals surface area contributed by atoms with Crippen LogP contribution in [0.15, 0.2) is 0 Å². The Morgan fingerprint density at radius 1 is 1.06 bits per heavy atom. The van der Waals surface area contributed by atoms with Gasteiger partial charge in [0.05, 0.1) is 0 Å². The van der Waals surface area contributed by atoms with Crippen LogP contribution >= 0.6 is 0 Å². The van der Waals surface area contributed by atoms with Gasteiger partial charge in [-0.05, 0) is 51.7 Å². The Balaban J connectivity index is 5.15. The fourth-order valence-corrected chi connectivity index (χ4v) is 4.97. The lowest BCUT2D eigenvalue weighted by atomic mass is 10.2. The van der Waals surface area contributed by atoms with E-state index in [-0.39, 0.29) is 0 Å². The number of amides is 1. The largest absolute Gasteiger partial charge is 0.480 e. The van der Waals surface area contributed by atoms with E-state index in [9.17, 15) is 32.1 Å². The predicted octanol–water partition coefficient (Wildman–Crippen LogP) is 4.74. The lowest BCUT2D eigenvalue weighted by Gasteiger charge is -2.39. The van der Waals surface area contributed by atoms with Gasteiger partial charge in [0.25, 0.3) is 0 Å². The number of aliphatic carboxylic acids is 1. The first-order valence-electron chi connectivity index (χ1n) is 10.2. The summed E-state index contributed by atoms with van der Waals surface area (Å²) in [6.07, 6.45) is -8.91. The monoisotopic (exact) mass is 506 g/mol. The van der Waals surface area contributed by atoms with Crippen molar-refractivity contribution in [2.24, 2.45) is 0 Å². The Kier molecular flexibility index (Phi) is 10.3. The zero-order valence-corrected chi connectivity index (χ0v) is 21.8. The van der Waals surface area contributed by atoms with Gasteiger partial charge in [0.2, 0.25) is 0 Å². The summed E-state index contributed by atoms with van der Waals surface area (Å²) in [5.41, 5.74) is -0.868. The molecule has 13 heteroatoms. The van der Waals surface area contributed by atoms with Crippen LogP contribution in [0, 0.1) is 4.78 Å². The van der Waals surface area contributed by atoms with E-state index in [1.54, 1.807) is 54.6 Å². The van der Waals surface area contributed by atoms with Crippen LogP contribution in [0.1, 0.15) is 54.4 Å². The molecule has 3 N–H and O–H groups in total.